The molecule has 0 aromatic rings. The van der Waals surface area contributed by atoms with Gasteiger partial charge in [-0.3, -0.25) is 0 Å². The molecule has 1 aliphatic heterocycles. The molecule has 4 aliphatic rings. The molecule has 0 bridgehead atoms. The zero-order valence-electron chi connectivity index (χ0n) is 27.6. The second-order valence-electron chi connectivity index (χ2n) is 14.7. The van der Waals surface area contributed by atoms with Crippen LogP contribution in [-0.4, -0.2) is 46.9 Å². The predicted octanol–water partition coefficient (Wildman–Crippen LogP) is 9.34. The molecule has 0 spiro atoms. The van der Waals surface area contributed by atoms with Gasteiger partial charge in [0.05, 0.1) is 0 Å². The third kappa shape index (κ3) is 12.7. The van der Waals surface area contributed by atoms with E-state index in [1.807, 2.05) is 0 Å². The Hall–Kier alpha value is -0.175. The van der Waals surface area contributed by atoms with Crippen molar-refractivity contribution in [3.8, 4) is 0 Å². The van der Waals surface area contributed by atoms with Crippen molar-refractivity contribution in [2.45, 2.75) is 154 Å². The van der Waals surface area contributed by atoms with Crippen LogP contribution in [0.5, 0.6) is 0 Å². The lowest BCUT2D eigenvalue weighted by molar-refractivity contribution is 0.141. The SMILES string of the molecule is C[Si](C)(CCC1=CCCCC1)OB1OB(O[Si](C)(C)CCC2=CCCCC2)OB(O[Si](C)(C)CCC2=CCCCC2)O1. The Labute approximate surface area is 261 Å². The predicted molar refractivity (Wildman–Crippen MR) is 184 cm³/mol. The minimum atomic E-state index is -2.08. The fourth-order valence-corrected chi connectivity index (χ4v) is 11.3. The van der Waals surface area contributed by atoms with E-state index in [1.54, 1.807) is 16.7 Å². The summed E-state index contributed by atoms with van der Waals surface area (Å²) < 4.78 is 38.5. The van der Waals surface area contributed by atoms with Crippen molar-refractivity contribution in [3.63, 3.8) is 0 Å². The smallest absolute Gasteiger partial charge is 0.430 e. The lowest BCUT2D eigenvalue weighted by Gasteiger charge is -2.37. The molecule has 12 heteroatoms. The minimum Gasteiger partial charge on any atom is -0.430 e. The fourth-order valence-electron chi connectivity index (χ4n) is 6.27. The molecule has 0 aromatic carbocycles. The zero-order valence-corrected chi connectivity index (χ0v) is 30.6. The summed E-state index contributed by atoms with van der Waals surface area (Å²) >= 11 is 0. The van der Waals surface area contributed by atoms with Gasteiger partial charge >= 0.3 is 22.0 Å². The number of hydrogen-bond donors (Lipinski definition) is 0. The normalized spacial score (nSPS) is 21.3. The lowest BCUT2D eigenvalue weighted by atomic mass is 9.98. The van der Waals surface area contributed by atoms with E-state index >= 15 is 0 Å². The molecule has 0 aromatic heterocycles. The number of allylic oxidation sites excluding steroid dienone is 6. The first-order valence-electron chi connectivity index (χ1n) is 17.0. The van der Waals surface area contributed by atoms with Crippen molar-refractivity contribution < 1.29 is 26.7 Å². The van der Waals surface area contributed by atoms with Crippen LogP contribution < -0.4 is 0 Å². The summed E-state index contributed by atoms with van der Waals surface area (Å²) in [5.41, 5.74) is 4.76. The summed E-state index contributed by atoms with van der Waals surface area (Å²) in [7, 11) is -8.75. The van der Waals surface area contributed by atoms with E-state index < -0.39 is 46.9 Å². The molecule has 1 heterocycles. The molecule has 4 rings (SSSR count). The van der Waals surface area contributed by atoms with Gasteiger partial charge in [-0.05, 0) is 154 Å². The second-order valence-corrected chi connectivity index (χ2v) is 27.5. The Bertz CT molecular complexity index is 834. The van der Waals surface area contributed by atoms with Gasteiger partial charge < -0.3 is 26.7 Å². The average Bonchev–Trinajstić information content (AvgIpc) is 2.95. The average molecular weight is 630 g/mol. The molecule has 0 N–H and O–H groups in total. The van der Waals surface area contributed by atoms with Crippen LogP contribution in [0.25, 0.3) is 0 Å². The Morgan fingerprint density at radius 2 is 0.786 bits per heavy atom. The quantitative estimate of drug-likeness (QED) is 0.133. The van der Waals surface area contributed by atoms with Gasteiger partial charge in [-0.15, -0.1) is 0 Å². The highest BCUT2D eigenvalue weighted by Crippen LogP contribution is 2.31. The molecule has 1 fully saturated rings. The van der Waals surface area contributed by atoms with Gasteiger partial charge in [0.2, 0.25) is 0 Å². The molecule has 0 unspecified atom stereocenters. The van der Waals surface area contributed by atoms with Gasteiger partial charge in [-0.1, -0.05) is 34.9 Å². The second kappa shape index (κ2) is 16.4. The number of rotatable bonds is 15. The van der Waals surface area contributed by atoms with E-state index in [9.17, 15) is 0 Å². The monoisotopic (exact) mass is 630 g/mol. The van der Waals surface area contributed by atoms with Gasteiger partial charge in [0.1, 0.15) is 0 Å². The van der Waals surface area contributed by atoms with Crippen molar-refractivity contribution in [2.75, 3.05) is 0 Å². The molecule has 0 saturated carbocycles. The highest BCUT2D eigenvalue weighted by Gasteiger charge is 2.51. The van der Waals surface area contributed by atoms with Crippen molar-refractivity contribution in [2.24, 2.45) is 0 Å². The van der Waals surface area contributed by atoms with Crippen molar-refractivity contribution >= 4 is 46.9 Å². The van der Waals surface area contributed by atoms with E-state index in [1.165, 1.54) is 77.0 Å². The molecule has 0 atom stereocenters. The van der Waals surface area contributed by atoms with Crippen molar-refractivity contribution in [1.82, 2.24) is 0 Å². The van der Waals surface area contributed by atoms with E-state index in [-0.39, 0.29) is 0 Å². The Kier molecular flexibility index (Phi) is 13.6. The fraction of sp³-hybridized carbons (Fsp3) is 0.800. The third-order valence-corrected chi connectivity index (χ3v) is 16.1. The van der Waals surface area contributed by atoms with Gasteiger partial charge in [-0.2, -0.15) is 0 Å². The summed E-state index contributed by atoms with van der Waals surface area (Å²) in [6, 6.07) is 3.14. The van der Waals surface area contributed by atoms with Crippen LogP contribution in [0.2, 0.25) is 57.4 Å². The molecular weight excluding hydrogens is 573 g/mol. The van der Waals surface area contributed by atoms with Crippen LogP contribution >= 0.6 is 0 Å². The van der Waals surface area contributed by atoms with Crippen LogP contribution in [0.1, 0.15) is 96.3 Å². The molecule has 234 valence electrons. The van der Waals surface area contributed by atoms with E-state index in [0.717, 1.165) is 37.4 Å². The number of hydrogen-bond acceptors (Lipinski definition) is 6. The van der Waals surface area contributed by atoms with Gasteiger partial charge in [0, 0.05) is 0 Å². The molecular formula is C30H57B3O6Si3. The van der Waals surface area contributed by atoms with E-state index in [4.69, 9.17) is 26.7 Å². The molecule has 0 amide bonds. The van der Waals surface area contributed by atoms with Gasteiger partial charge in [-0.25, -0.2) is 0 Å². The Morgan fingerprint density at radius 3 is 1.02 bits per heavy atom. The maximum Gasteiger partial charge on any atom is 0.604 e. The third-order valence-electron chi connectivity index (χ3n) is 9.21. The van der Waals surface area contributed by atoms with Gasteiger partial charge in [0.15, 0.2) is 25.0 Å². The summed E-state index contributed by atoms with van der Waals surface area (Å²) in [6.45, 7) is 13.6. The highest BCUT2D eigenvalue weighted by molar-refractivity contribution is 6.84. The topological polar surface area (TPSA) is 55.4 Å². The maximum atomic E-state index is 6.61. The Balaban J connectivity index is 1.37. The van der Waals surface area contributed by atoms with Crippen LogP contribution in [0.4, 0.5) is 0 Å². The molecule has 6 nitrogen and oxygen atoms in total. The van der Waals surface area contributed by atoms with Crippen LogP contribution in [-0.2, 0) is 26.7 Å². The molecule has 42 heavy (non-hydrogen) atoms. The van der Waals surface area contributed by atoms with Crippen LogP contribution in [0.3, 0.4) is 0 Å². The van der Waals surface area contributed by atoms with Crippen LogP contribution in [0.15, 0.2) is 34.9 Å². The summed E-state index contributed by atoms with van der Waals surface area (Å²) in [5, 5.41) is 0. The zero-order chi connectivity index (χ0) is 30.1. The van der Waals surface area contributed by atoms with E-state index in [0.29, 0.717) is 0 Å². The molecule has 1 saturated heterocycles. The first kappa shape index (κ1) is 34.7. The Morgan fingerprint density at radius 1 is 0.500 bits per heavy atom. The van der Waals surface area contributed by atoms with Crippen molar-refractivity contribution in [1.29, 1.82) is 0 Å². The summed E-state index contributed by atoms with van der Waals surface area (Å²) in [6.07, 6.45) is 25.9. The highest BCUT2D eigenvalue weighted by atomic mass is 28.4. The van der Waals surface area contributed by atoms with Gasteiger partial charge in [0.25, 0.3) is 0 Å². The summed E-state index contributed by atoms with van der Waals surface area (Å²) in [4.78, 5) is 0. The minimum absolute atomic E-state index is 0.840. The van der Waals surface area contributed by atoms with Crippen LogP contribution in [0, 0.1) is 0 Å². The molecule has 0 radical (unpaired) electrons. The first-order valence-corrected chi connectivity index (χ1v) is 26.4. The lowest BCUT2D eigenvalue weighted by Crippen LogP contribution is -2.59. The standard InChI is InChI=1S/C30H57B3O6Si3/c1-40(2,25-22-28-16-10-7-11-17-28)37-31-34-32(38-41(3,4)26-23-29-18-12-8-13-19-29)36-33(35-31)39-42(5,6)27-24-30-20-14-9-15-21-30/h16,18,20H,7-15,17,19,21-27H2,1-6H3. The van der Waals surface area contributed by atoms with E-state index in [2.05, 4.69) is 57.5 Å². The summed E-state index contributed by atoms with van der Waals surface area (Å²) in [5.74, 6) is 0. The van der Waals surface area contributed by atoms with Crippen molar-refractivity contribution in [3.05, 3.63) is 34.9 Å². The largest absolute Gasteiger partial charge is 0.604 e. The molecule has 3 aliphatic carbocycles. The first-order chi connectivity index (χ1) is 20.0. The maximum absolute atomic E-state index is 6.61.